The van der Waals surface area contributed by atoms with Crippen LogP contribution in [0.1, 0.15) is 0 Å². The van der Waals surface area contributed by atoms with Gasteiger partial charge in [0.1, 0.15) is 12.4 Å². The van der Waals surface area contributed by atoms with Gasteiger partial charge in [0.2, 0.25) is 18.0 Å². The number of carbonyl (C=O) groups is 1. The Balaban J connectivity index is 0.000000247. The lowest BCUT2D eigenvalue weighted by Crippen LogP contribution is -2.54. The van der Waals surface area contributed by atoms with Gasteiger partial charge in [-0.25, -0.2) is 10.4 Å². The molecular weight excluding hydrogens is 652 g/mol. The fourth-order valence-electron chi connectivity index (χ4n) is 4.92. The summed E-state index contributed by atoms with van der Waals surface area (Å²) in [5, 5.41) is 22.2. The number of methoxy groups -OCH3 is 2. The second kappa shape index (κ2) is 15.7. The summed E-state index contributed by atoms with van der Waals surface area (Å²) in [6.45, 7) is 2.40. The van der Waals surface area contributed by atoms with E-state index in [1.165, 1.54) is 0 Å². The van der Waals surface area contributed by atoms with E-state index in [9.17, 15) is 4.79 Å². The van der Waals surface area contributed by atoms with E-state index in [4.69, 9.17) is 41.2 Å². The summed E-state index contributed by atoms with van der Waals surface area (Å²) in [5.41, 5.74) is 17.9. The molecular formula is C31H36N12O5S. The molecule has 0 spiro atoms. The van der Waals surface area contributed by atoms with Gasteiger partial charge in [0.15, 0.2) is 28.2 Å². The molecule has 1 fully saturated rings. The van der Waals surface area contributed by atoms with E-state index in [0.29, 0.717) is 83.3 Å². The SMILES string of the molecule is COc1cc2nc(N3CCN(C(=O)C4COc5ccccc5O4)CC3)nc(N)c2cc1OC.N=C(N)NN=C1C=CC(=NNC(=N)S)C=C1. The molecule has 2 aromatic carbocycles. The fourth-order valence-corrected chi connectivity index (χ4v) is 4.97. The molecule has 1 unspecified atom stereocenters. The Hall–Kier alpha value is -6.04. The predicted octanol–water partition coefficient (Wildman–Crippen LogP) is 1.48. The number of hydrazone groups is 2. The van der Waals surface area contributed by atoms with E-state index < -0.39 is 6.10 Å². The Kier molecular flexibility index (Phi) is 11.0. The summed E-state index contributed by atoms with van der Waals surface area (Å²) in [6.07, 6.45) is 6.13. The molecule has 1 atom stereocenters. The number of guanidine groups is 1. The first-order valence-corrected chi connectivity index (χ1v) is 15.4. The number of nitrogens with zero attached hydrogens (tertiary/aromatic N) is 6. The standard InChI is InChI=1S/C23H25N5O5.C8H11N7S/c1-30-18-11-14-15(12-19(18)31-2)25-23(26-21(14)24)28-9-7-27(8-10-28)22(29)20-13-32-16-5-3-4-6-17(16)33-20;9-7(10)14-12-5-1-3-6(4-2-5)13-15-8(11)16/h3-6,11-12,20H,7-10,13H2,1-2H3,(H2,24,25,26);1-4H,(H4,9,10,14)(H3,11,15,16). The van der Waals surface area contributed by atoms with Crippen molar-refractivity contribution in [1.29, 1.82) is 10.8 Å². The van der Waals surface area contributed by atoms with Crippen LogP contribution in [0, 0.1) is 10.8 Å². The van der Waals surface area contributed by atoms with E-state index in [-0.39, 0.29) is 23.6 Å². The largest absolute Gasteiger partial charge is 0.493 e. The lowest BCUT2D eigenvalue weighted by molar-refractivity contribution is -0.141. The number of hydrogen-bond acceptors (Lipinski definition) is 13. The van der Waals surface area contributed by atoms with Crippen molar-refractivity contribution >= 4 is 63.8 Å². The third-order valence-corrected chi connectivity index (χ3v) is 7.42. The van der Waals surface area contributed by atoms with Crippen LogP contribution < -0.4 is 46.2 Å². The number of aromatic nitrogens is 2. The first kappa shape index (κ1) is 34.3. The molecule has 3 heterocycles. The van der Waals surface area contributed by atoms with Crippen LogP contribution in [0.5, 0.6) is 23.0 Å². The van der Waals surface area contributed by atoms with Gasteiger partial charge in [-0.1, -0.05) is 12.1 Å². The van der Waals surface area contributed by atoms with Crippen LogP contribution in [0.4, 0.5) is 11.8 Å². The highest BCUT2D eigenvalue weighted by Crippen LogP contribution is 2.34. The molecule has 2 aliphatic heterocycles. The highest BCUT2D eigenvalue weighted by atomic mass is 32.1. The van der Waals surface area contributed by atoms with Gasteiger partial charge in [0.25, 0.3) is 5.91 Å². The van der Waals surface area contributed by atoms with Gasteiger partial charge >= 0.3 is 0 Å². The number of para-hydroxylation sites is 2. The first-order chi connectivity index (χ1) is 23.6. The first-order valence-electron chi connectivity index (χ1n) is 14.9. The molecule has 256 valence electrons. The molecule has 1 amide bonds. The molecule has 8 N–H and O–H groups in total. The molecule has 49 heavy (non-hydrogen) atoms. The number of hydrogen-bond donors (Lipinski definition) is 7. The van der Waals surface area contributed by atoms with Crippen molar-refractivity contribution in [2.45, 2.75) is 6.10 Å². The number of thiol groups is 1. The summed E-state index contributed by atoms with van der Waals surface area (Å²) in [4.78, 5) is 26.0. The number of rotatable bonds is 6. The molecule has 1 aromatic heterocycles. The van der Waals surface area contributed by atoms with Crippen LogP contribution in [-0.4, -0.2) is 96.4 Å². The Morgan fingerprint density at radius 2 is 1.57 bits per heavy atom. The molecule has 0 radical (unpaired) electrons. The van der Waals surface area contributed by atoms with Crippen LogP contribution >= 0.6 is 12.6 Å². The Bertz CT molecular complexity index is 1800. The maximum atomic E-state index is 13.0. The van der Waals surface area contributed by atoms with E-state index in [1.54, 1.807) is 61.6 Å². The van der Waals surface area contributed by atoms with Gasteiger partial charge in [0.05, 0.1) is 31.2 Å². The lowest BCUT2D eigenvalue weighted by Gasteiger charge is -2.37. The Morgan fingerprint density at radius 1 is 0.959 bits per heavy atom. The molecule has 3 aromatic rings. The number of carbonyl (C=O) groups excluding carboxylic acids is 1. The average molecular weight is 689 g/mol. The summed E-state index contributed by atoms with van der Waals surface area (Å²) < 4.78 is 22.3. The van der Waals surface area contributed by atoms with Gasteiger partial charge < -0.3 is 40.2 Å². The molecule has 0 saturated carbocycles. The lowest BCUT2D eigenvalue weighted by atomic mass is 10.1. The molecule has 3 aliphatic rings. The maximum Gasteiger partial charge on any atom is 0.267 e. The van der Waals surface area contributed by atoms with Crippen molar-refractivity contribution in [3.8, 4) is 23.0 Å². The predicted molar refractivity (Wildman–Crippen MR) is 190 cm³/mol. The molecule has 17 nitrogen and oxygen atoms in total. The number of anilines is 2. The van der Waals surface area contributed by atoms with Crippen molar-refractivity contribution in [1.82, 2.24) is 25.7 Å². The number of piperazine rings is 1. The van der Waals surface area contributed by atoms with Crippen LogP contribution in [0.3, 0.4) is 0 Å². The minimum Gasteiger partial charge on any atom is -0.493 e. The summed E-state index contributed by atoms with van der Waals surface area (Å²) in [5.74, 6) is 2.96. The number of ether oxygens (including phenoxy) is 4. The second-order valence-corrected chi connectivity index (χ2v) is 11.0. The van der Waals surface area contributed by atoms with Crippen molar-refractivity contribution in [3.05, 3.63) is 60.7 Å². The number of amides is 1. The quantitative estimate of drug-likeness (QED) is 0.0642. The van der Waals surface area contributed by atoms with E-state index in [0.717, 1.165) is 0 Å². The minimum absolute atomic E-state index is 0.0352. The monoisotopic (exact) mass is 688 g/mol. The number of fused-ring (bicyclic) bond motifs is 2. The van der Waals surface area contributed by atoms with E-state index >= 15 is 0 Å². The number of nitrogens with two attached hydrogens (primary N) is 2. The topological polar surface area (TPSA) is 235 Å². The highest BCUT2D eigenvalue weighted by molar-refractivity contribution is 7.96. The van der Waals surface area contributed by atoms with Gasteiger partial charge in [0, 0.05) is 37.6 Å². The number of benzene rings is 2. The van der Waals surface area contributed by atoms with Crippen LogP contribution in [0.25, 0.3) is 10.9 Å². The zero-order valence-electron chi connectivity index (χ0n) is 26.7. The van der Waals surface area contributed by atoms with Gasteiger partial charge in [-0.05, 0) is 42.5 Å². The van der Waals surface area contributed by atoms with Gasteiger partial charge in [-0.15, -0.1) is 12.6 Å². The summed E-state index contributed by atoms with van der Waals surface area (Å²) >= 11 is 3.72. The Morgan fingerprint density at radius 3 is 2.18 bits per heavy atom. The number of amidine groups is 1. The highest BCUT2D eigenvalue weighted by Gasteiger charge is 2.33. The fraction of sp³-hybridized carbons (Fsp3) is 0.258. The average Bonchev–Trinajstić information content (AvgIpc) is 3.12. The second-order valence-electron chi connectivity index (χ2n) is 10.5. The van der Waals surface area contributed by atoms with E-state index in [1.807, 2.05) is 23.1 Å². The minimum atomic E-state index is -0.651. The third kappa shape index (κ3) is 8.66. The molecule has 6 rings (SSSR count). The molecule has 0 bridgehead atoms. The van der Waals surface area contributed by atoms with Gasteiger partial charge in [-0.3, -0.25) is 21.0 Å². The molecule has 18 heteroatoms. The Labute approximate surface area is 287 Å². The van der Waals surface area contributed by atoms with Gasteiger partial charge in [-0.2, -0.15) is 15.2 Å². The normalized spacial score (nSPS) is 16.3. The molecule has 1 aliphatic carbocycles. The zero-order valence-corrected chi connectivity index (χ0v) is 27.6. The summed E-state index contributed by atoms with van der Waals surface area (Å²) in [7, 11) is 3.14. The number of nitrogen functional groups attached to an aromatic ring is 1. The molecule has 1 saturated heterocycles. The third-order valence-electron chi connectivity index (χ3n) is 7.32. The number of allylic oxidation sites excluding steroid dienone is 4. The van der Waals surface area contributed by atoms with Crippen molar-refractivity contribution < 1.29 is 23.7 Å². The van der Waals surface area contributed by atoms with Crippen LogP contribution in [0.15, 0.2) is 70.9 Å². The van der Waals surface area contributed by atoms with E-state index in [2.05, 4.69) is 43.7 Å². The van der Waals surface area contributed by atoms with Crippen LogP contribution in [0.2, 0.25) is 0 Å². The zero-order chi connectivity index (χ0) is 34.9. The smallest absolute Gasteiger partial charge is 0.267 e. The van der Waals surface area contributed by atoms with Crippen molar-refractivity contribution in [3.63, 3.8) is 0 Å². The summed E-state index contributed by atoms with van der Waals surface area (Å²) in [6, 6.07) is 10.9. The van der Waals surface area contributed by atoms with Crippen LogP contribution in [-0.2, 0) is 4.79 Å². The maximum absolute atomic E-state index is 13.0. The van der Waals surface area contributed by atoms with Crippen molar-refractivity contribution in [2.75, 3.05) is 57.6 Å². The van der Waals surface area contributed by atoms with Crippen molar-refractivity contribution in [2.24, 2.45) is 15.9 Å². The number of nitrogens with one attached hydrogen (secondary N) is 4.